The first kappa shape index (κ1) is 23.5. The van der Waals surface area contributed by atoms with Crippen LogP contribution < -0.4 is 15.0 Å². The summed E-state index contributed by atoms with van der Waals surface area (Å²) < 4.78 is 48.0. The number of anilines is 2. The van der Waals surface area contributed by atoms with E-state index in [2.05, 4.69) is 15.3 Å². The average Bonchev–Trinajstić information content (AvgIpc) is 3.18. The van der Waals surface area contributed by atoms with Gasteiger partial charge in [-0.15, -0.1) is 0 Å². The molecule has 4 rings (SSSR count). The van der Waals surface area contributed by atoms with Crippen molar-refractivity contribution in [3.05, 3.63) is 65.9 Å². The van der Waals surface area contributed by atoms with Crippen molar-refractivity contribution in [1.82, 2.24) is 9.97 Å². The highest BCUT2D eigenvalue weighted by molar-refractivity contribution is 6.08. The van der Waals surface area contributed by atoms with Gasteiger partial charge in [-0.3, -0.25) is 9.78 Å². The minimum atomic E-state index is -2.87. The molecular weight excluding hydrogens is 445 g/mol. The summed E-state index contributed by atoms with van der Waals surface area (Å²) in [7, 11) is 1.43. The molecule has 1 N–H and O–H groups in total. The molecule has 1 aliphatic heterocycles. The van der Waals surface area contributed by atoms with Gasteiger partial charge in [-0.25, -0.2) is 18.2 Å². The van der Waals surface area contributed by atoms with Crippen molar-refractivity contribution in [3.8, 4) is 16.9 Å². The number of benzene rings is 1. The zero-order valence-electron chi connectivity index (χ0n) is 19.1. The Labute approximate surface area is 195 Å². The zero-order valence-corrected chi connectivity index (χ0v) is 19.1. The Morgan fingerprint density at radius 2 is 1.94 bits per heavy atom. The minimum absolute atomic E-state index is 0.0576. The van der Waals surface area contributed by atoms with Gasteiger partial charge in [-0.05, 0) is 36.2 Å². The maximum Gasteiger partial charge on any atom is 0.266 e. The number of alkyl halides is 2. The van der Waals surface area contributed by atoms with E-state index in [9.17, 15) is 18.0 Å². The van der Waals surface area contributed by atoms with Crippen molar-refractivity contribution in [1.29, 1.82) is 0 Å². The predicted octanol–water partition coefficient (Wildman–Crippen LogP) is 5.51. The van der Waals surface area contributed by atoms with Crippen molar-refractivity contribution in [2.75, 3.05) is 30.4 Å². The van der Waals surface area contributed by atoms with E-state index in [1.54, 1.807) is 24.3 Å². The number of hydrogen-bond donors (Lipinski definition) is 1. The lowest BCUT2D eigenvalue weighted by atomic mass is 10.0. The van der Waals surface area contributed by atoms with Crippen molar-refractivity contribution >= 4 is 17.4 Å². The van der Waals surface area contributed by atoms with Gasteiger partial charge in [-0.1, -0.05) is 13.8 Å². The van der Waals surface area contributed by atoms with Crippen LogP contribution in [0, 0.1) is 5.82 Å². The van der Waals surface area contributed by atoms with Crippen LogP contribution in [0.4, 0.5) is 24.7 Å². The Morgan fingerprint density at radius 1 is 1.15 bits per heavy atom. The first-order chi connectivity index (χ1) is 16.2. The fraction of sp³-hybridized carbons (Fsp3) is 0.320. The van der Waals surface area contributed by atoms with E-state index in [-0.39, 0.29) is 41.5 Å². The number of nitrogens with one attached hydrogen (secondary N) is 1. The molecule has 1 aromatic carbocycles. The van der Waals surface area contributed by atoms with Crippen LogP contribution >= 0.6 is 0 Å². The van der Waals surface area contributed by atoms with Crippen molar-refractivity contribution in [3.63, 3.8) is 0 Å². The molecule has 1 fully saturated rings. The van der Waals surface area contributed by atoms with Crippen LogP contribution in [0.5, 0.6) is 5.75 Å². The summed E-state index contributed by atoms with van der Waals surface area (Å²) in [6, 6.07) is 9.27. The second-order valence-corrected chi connectivity index (χ2v) is 8.51. The third kappa shape index (κ3) is 4.83. The van der Waals surface area contributed by atoms with Crippen molar-refractivity contribution in [2.24, 2.45) is 0 Å². The highest BCUT2D eigenvalue weighted by Gasteiger charge is 2.40. The molecular formula is C25H25F3N4O2. The normalized spacial score (nSPS) is 15.0. The maximum absolute atomic E-state index is 15.0. The van der Waals surface area contributed by atoms with Gasteiger partial charge in [-0.2, -0.15) is 0 Å². The molecule has 1 amide bonds. The highest BCUT2D eigenvalue weighted by Crippen LogP contribution is 2.40. The topological polar surface area (TPSA) is 67.3 Å². The molecule has 0 atom stereocenters. The van der Waals surface area contributed by atoms with Crippen molar-refractivity contribution < 1.29 is 22.7 Å². The van der Waals surface area contributed by atoms with E-state index < -0.39 is 24.2 Å². The predicted molar refractivity (Wildman–Crippen MR) is 124 cm³/mol. The highest BCUT2D eigenvalue weighted by atomic mass is 19.3. The van der Waals surface area contributed by atoms with Crippen LogP contribution in [0.25, 0.3) is 11.1 Å². The van der Waals surface area contributed by atoms with Gasteiger partial charge in [0.05, 0.1) is 24.9 Å². The van der Waals surface area contributed by atoms with Gasteiger partial charge in [0.1, 0.15) is 11.6 Å². The van der Waals surface area contributed by atoms with Gasteiger partial charge in [0.15, 0.2) is 5.82 Å². The number of ether oxygens (including phenoxy) is 1. The van der Waals surface area contributed by atoms with Crippen LogP contribution in [-0.2, 0) is 0 Å². The molecule has 9 heteroatoms. The number of amides is 1. The summed E-state index contributed by atoms with van der Waals surface area (Å²) in [4.78, 5) is 23.1. The number of carbonyl (C=O) groups excluding carboxylic acids is 1. The molecule has 2 aromatic heterocycles. The maximum atomic E-state index is 15.0. The Hall–Kier alpha value is -3.62. The summed E-state index contributed by atoms with van der Waals surface area (Å²) in [6.07, 6.45) is 2.54. The SMILES string of the molecule is COc1ccc(-c2ccnc(N3CCC(F)(F)C3)c2NC(=O)c2ccc(C(C)C)nc2)c(F)c1. The summed E-state index contributed by atoms with van der Waals surface area (Å²) in [5.74, 6) is -3.27. The first-order valence-corrected chi connectivity index (χ1v) is 10.9. The summed E-state index contributed by atoms with van der Waals surface area (Å²) in [6.45, 7) is 3.50. The molecule has 0 saturated carbocycles. The third-order valence-corrected chi connectivity index (χ3v) is 5.75. The average molecular weight is 470 g/mol. The molecule has 1 saturated heterocycles. The lowest BCUT2D eigenvalue weighted by Gasteiger charge is -2.23. The van der Waals surface area contributed by atoms with E-state index >= 15 is 0 Å². The van der Waals surface area contributed by atoms with Crippen LogP contribution in [0.1, 0.15) is 42.2 Å². The van der Waals surface area contributed by atoms with E-state index in [4.69, 9.17) is 4.74 Å². The van der Waals surface area contributed by atoms with E-state index in [1.165, 1.54) is 36.5 Å². The second-order valence-electron chi connectivity index (χ2n) is 8.51. The quantitative estimate of drug-likeness (QED) is 0.514. The van der Waals surface area contributed by atoms with Gasteiger partial charge in [0.25, 0.3) is 11.8 Å². The molecule has 6 nitrogen and oxygen atoms in total. The molecule has 34 heavy (non-hydrogen) atoms. The molecule has 0 aliphatic carbocycles. The Balaban J connectivity index is 1.77. The fourth-order valence-electron chi connectivity index (χ4n) is 3.86. The van der Waals surface area contributed by atoms with Crippen LogP contribution in [0.15, 0.2) is 48.8 Å². The lowest BCUT2D eigenvalue weighted by Crippen LogP contribution is -2.27. The first-order valence-electron chi connectivity index (χ1n) is 10.9. The van der Waals surface area contributed by atoms with Gasteiger partial charge in [0, 0.05) is 48.2 Å². The number of hydrogen-bond acceptors (Lipinski definition) is 5. The van der Waals surface area contributed by atoms with Crippen LogP contribution in [-0.4, -0.2) is 42.0 Å². The fourth-order valence-corrected chi connectivity index (χ4v) is 3.86. The number of rotatable bonds is 6. The Kier molecular flexibility index (Phi) is 6.45. The molecule has 3 aromatic rings. The number of methoxy groups -OCH3 is 1. The molecule has 0 spiro atoms. The molecule has 3 heterocycles. The molecule has 178 valence electrons. The molecule has 0 radical (unpaired) electrons. The number of pyridine rings is 2. The van der Waals surface area contributed by atoms with Crippen LogP contribution in [0.3, 0.4) is 0 Å². The molecule has 0 unspecified atom stereocenters. The third-order valence-electron chi connectivity index (χ3n) is 5.75. The summed E-state index contributed by atoms with van der Waals surface area (Å²) >= 11 is 0. The van der Waals surface area contributed by atoms with Crippen molar-refractivity contribution in [2.45, 2.75) is 32.1 Å². The largest absolute Gasteiger partial charge is 0.497 e. The van der Waals surface area contributed by atoms with E-state index in [0.717, 1.165) is 5.69 Å². The number of aromatic nitrogens is 2. The standard InChI is InChI=1S/C25H25F3N4O2/c1-15(2)21-7-4-16(13-30-21)24(33)31-22-19(18-6-5-17(34-3)12-20(18)26)8-10-29-23(22)32-11-9-25(27,28)14-32/h4-8,10,12-13,15H,9,11,14H2,1-3H3,(H,31,33). The van der Waals surface area contributed by atoms with Crippen LogP contribution in [0.2, 0.25) is 0 Å². The van der Waals surface area contributed by atoms with Gasteiger partial charge >= 0.3 is 0 Å². The van der Waals surface area contributed by atoms with E-state index in [1.807, 2.05) is 13.8 Å². The van der Waals surface area contributed by atoms with Gasteiger partial charge < -0.3 is 15.0 Å². The second kappa shape index (κ2) is 9.32. The zero-order chi connectivity index (χ0) is 24.5. The monoisotopic (exact) mass is 470 g/mol. The lowest BCUT2D eigenvalue weighted by molar-refractivity contribution is 0.0257. The Morgan fingerprint density at radius 3 is 2.53 bits per heavy atom. The Bertz CT molecular complexity index is 1200. The molecule has 0 bridgehead atoms. The number of nitrogens with zero attached hydrogens (tertiary/aromatic N) is 3. The van der Waals surface area contributed by atoms with Gasteiger partial charge in [0.2, 0.25) is 0 Å². The minimum Gasteiger partial charge on any atom is -0.497 e. The van der Waals surface area contributed by atoms with E-state index in [0.29, 0.717) is 11.3 Å². The molecule has 1 aliphatic rings. The summed E-state index contributed by atoms with van der Waals surface area (Å²) in [5, 5.41) is 2.78. The summed E-state index contributed by atoms with van der Waals surface area (Å²) in [5.41, 5.74) is 1.77. The number of halogens is 3. The smallest absolute Gasteiger partial charge is 0.266 e. The number of carbonyl (C=O) groups is 1.